The molecule has 1 aliphatic heterocycles. The van der Waals surface area contributed by atoms with Gasteiger partial charge in [0.15, 0.2) is 0 Å². The first-order chi connectivity index (χ1) is 12.6. The van der Waals surface area contributed by atoms with Gasteiger partial charge in [-0.2, -0.15) is 5.26 Å². The molecule has 26 heavy (non-hydrogen) atoms. The number of nitrogens with one attached hydrogen (secondary N) is 1. The number of nitrogens with two attached hydrogens (primary N) is 1. The molecule has 7 heteroatoms. The van der Waals surface area contributed by atoms with Gasteiger partial charge >= 0.3 is 0 Å². The summed E-state index contributed by atoms with van der Waals surface area (Å²) in [7, 11) is 0. The number of nitrogens with zero attached hydrogens (tertiary/aromatic N) is 2. The summed E-state index contributed by atoms with van der Waals surface area (Å²) in [6.45, 7) is 1.13. The Labute approximate surface area is 151 Å². The standard InChI is InChI=1S/C19H20N4O3/c20-9-13(19(25)22-10-15-4-3-7-26-15)8-14-11-23(12-18(21)24)17-6-2-1-5-16(14)17/h1-2,5-6,8,11,15H,3-4,7,10,12H2,(H2,21,24)(H,22,25)/b13-8+/t15-/m0/s1. The van der Waals surface area contributed by atoms with Gasteiger partial charge in [0, 0.05) is 35.8 Å². The Morgan fingerprint density at radius 3 is 2.92 bits per heavy atom. The summed E-state index contributed by atoms with van der Waals surface area (Å²) in [5, 5.41) is 13.0. The highest BCUT2D eigenvalue weighted by Gasteiger charge is 2.18. The maximum absolute atomic E-state index is 12.3. The number of para-hydroxylation sites is 1. The van der Waals surface area contributed by atoms with Gasteiger partial charge in [0.2, 0.25) is 5.91 Å². The van der Waals surface area contributed by atoms with Crippen LogP contribution in [0.15, 0.2) is 36.0 Å². The molecule has 1 aliphatic rings. The van der Waals surface area contributed by atoms with Crippen molar-refractivity contribution in [1.82, 2.24) is 9.88 Å². The number of benzene rings is 1. The third-order valence-electron chi connectivity index (χ3n) is 4.32. The van der Waals surface area contributed by atoms with Crippen molar-refractivity contribution in [2.75, 3.05) is 13.2 Å². The number of carbonyl (C=O) groups excluding carboxylic acids is 2. The lowest BCUT2D eigenvalue weighted by Crippen LogP contribution is -2.32. The maximum Gasteiger partial charge on any atom is 0.262 e. The second-order valence-corrected chi connectivity index (χ2v) is 6.21. The molecule has 0 radical (unpaired) electrons. The van der Waals surface area contributed by atoms with Crippen LogP contribution in [0.4, 0.5) is 0 Å². The normalized spacial score (nSPS) is 17.2. The van der Waals surface area contributed by atoms with E-state index in [4.69, 9.17) is 10.5 Å². The summed E-state index contributed by atoms with van der Waals surface area (Å²) < 4.78 is 7.18. The number of amides is 2. The van der Waals surface area contributed by atoms with Crippen LogP contribution < -0.4 is 11.1 Å². The van der Waals surface area contributed by atoms with Gasteiger partial charge in [-0.15, -0.1) is 0 Å². The molecule has 3 rings (SSSR count). The van der Waals surface area contributed by atoms with Gasteiger partial charge in [-0.3, -0.25) is 9.59 Å². The zero-order valence-electron chi connectivity index (χ0n) is 14.3. The fourth-order valence-electron chi connectivity index (χ4n) is 3.10. The van der Waals surface area contributed by atoms with E-state index in [9.17, 15) is 14.9 Å². The van der Waals surface area contributed by atoms with Crippen molar-refractivity contribution >= 4 is 28.8 Å². The number of fused-ring (bicyclic) bond motifs is 1. The lowest BCUT2D eigenvalue weighted by molar-refractivity contribution is -0.119. The fraction of sp³-hybridized carbons (Fsp3) is 0.316. The minimum absolute atomic E-state index is 0.00461. The number of hydrogen-bond acceptors (Lipinski definition) is 4. The number of rotatable bonds is 6. The molecule has 1 saturated heterocycles. The van der Waals surface area contributed by atoms with E-state index in [0.29, 0.717) is 18.7 Å². The van der Waals surface area contributed by atoms with Gasteiger partial charge in [0.1, 0.15) is 18.2 Å². The molecule has 2 heterocycles. The van der Waals surface area contributed by atoms with Gasteiger partial charge in [0.05, 0.1) is 6.10 Å². The predicted molar refractivity (Wildman–Crippen MR) is 96.7 cm³/mol. The van der Waals surface area contributed by atoms with Crippen molar-refractivity contribution in [3.63, 3.8) is 0 Å². The highest BCUT2D eigenvalue weighted by Crippen LogP contribution is 2.23. The molecule has 1 aromatic heterocycles. The van der Waals surface area contributed by atoms with E-state index >= 15 is 0 Å². The first-order valence-corrected chi connectivity index (χ1v) is 8.46. The summed E-state index contributed by atoms with van der Waals surface area (Å²) >= 11 is 0. The Hall–Kier alpha value is -3.11. The van der Waals surface area contributed by atoms with Gasteiger partial charge in [-0.25, -0.2) is 0 Å². The fourth-order valence-corrected chi connectivity index (χ4v) is 3.10. The topological polar surface area (TPSA) is 110 Å². The van der Waals surface area contributed by atoms with E-state index in [-0.39, 0.29) is 18.2 Å². The molecule has 0 bridgehead atoms. The van der Waals surface area contributed by atoms with Crippen molar-refractivity contribution in [1.29, 1.82) is 5.26 Å². The molecule has 1 aromatic carbocycles. The van der Waals surface area contributed by atoms with Crippen LogP contribution in [0.5, 0.6) is 0 Å². The third kappa shape index (κ3) is 3.92. The smallest absolute Gasteiger partial charge is 0.262 e. The second-order valence-electron chi connectivity index (χ2n) is 6.21. The Kier molecular flexibility index (Phi) is 5.34. The van der Waals surface area contributed by atoms with E-state index < -0.39 is 11.8 Å². The maximum atomic E-state index is 12.3. The zero-order chi connectivity index (χ0) is 18.5. The van der Waals surface area contributed by atoms with Crippen molar-refractivity contribution < 1.29 is 14.3 Å². The molecule has 2 amide bonds. The number of carbonyl (C=O) groups is 2. The second kappa shape index (κ2) is 7.85. The first kappa shape index (κ1) is 17.7. The molecule has 0 spiro atoms. The van der Waals surface area contributed by atoms with E-state index in [1.807, 2.05) is 30.3 Å². The van der Waals surface area contributed by atoms with Crippen LogP contribution in [0.3, 0.4) is 0 Å². The molecule has 2 aromatic rings. The average molecular weight is 352 g/mol. The third-order valence-corrected chi connectivity index (χ3v) is 4.32. The summed E-state index contributed by atoms with van der Waals surface area (Å²) in [5.74, 6) is -0.897. The zero-order valence-corrected chi connectivity index (χ0v) is 14.3. The lowest BCUT2D eigenvalue weighted by Gasteiger charge is -2.10. The Bertz CT molecular complexity index is 901. The van der Waals surface area contributed by atoms with E-state index in [1.54, 1.807) is 10.8 Å². The molecule has 3 N–H and O–H groups in total. The number of ether oxygens (including phenoxy) is 1. The van der Waals surface area contributed by atoms with Crippen LogP contribution in [0.2, 0.25) is 0 Å². The van der Waals surface area contributed by atoms with E-state index in [2.05, 4.69) is 5.32 Å². The van der Waals surface area contributed by atoms with Crippen LogP contribution >= 0.6 is 0 Å². The molecule has 7 nitrogen and oxygen atoms in total. The molecule has 0 saturated carbocycles. The van der Waals surface area contributed by atoms with E-state index in [1.165, 1.54) is 6.08 Å². The highest BCUT2D eigenvalue weighted by atomic mass is 16.5. The van der Waals surface area contributed by atoms with Crippen molar-refractivity contribution in [3.05, 3.63) is 41.6 Å². The lowest BCUT2D eigenvalue weighted by atomic mass is 10.1. The van der Waals surface area contributed by atoms with Gasteiger partial charge < -0.3 is 20.4 Å². The summed E-state index contributed by atoms with van der Waals surface area (Å²) in [6, 6.07) is 9.39. The molecule has 0 unspecified atom stereocenters. The van der Waals surface area contributed by atoms with Gasteiger partial charge in [0.25, 0.3) is 5.91 Å². The molecular weight excluding hydrogens is 332 g/mol. The number of aromatic nitrogens is 1. The Morgan fingerprint density at radius 2 is 2.23 bits per heavy atom. The molecule has 1 fully saturated rings. The van der Waals surface area contributed by atoms with Crippen LogP contribution in [0.1, 0.15) is 18.4 Å². The number of primary amides is 1. The Morgan fingerprint density at radius 1 is 1.42 bits per heavy atom. The molecule has 1 atom stereocenters. The van der Waals surface area contributed by atoms with Gasteiger partial charge in [-0.1, -0.05) is 18.2 Å². The average Bonchev–Trinajstić information content (AvgIpc) is 3.26. The van der Waals surface area contributed by atoms with Crippen molar-refractivity contribution in [3.8, 4) is 6.07 Å². The van der Waals surface area contributed by atoms with Crippen LogP contribution in [-0.4, -0.2) is 35.6 Å². The molecule has 134 valence electrons. The minimum Gasteiger partial charge on any atom is -0.376 e. The Balaban J connectivity index is 1.85. The van der Waals surface area contributed by atoms with Gasteiger partial charge in [-0.05, 0) is 25.0 Å². The van der Waals surface area contributed by atoms with E-state index in [0.717, 1.165) is 23.7 Å². The minimum atomic E-state index is -0.462. The largest absolute Gasteiger partial charge is 0.376 e. The summed E-state index contributed by atoms with van der Waals surface area (Å²) in [5.41, 5.74) is 6.80. The monoisotopic (exact) mass is 352 g/mol. The SMILES string of the molecule is N#C/C(=C\c1cn(CC(N)=O)c2ccccc12)C(=O)NC[C@@H]1CCCO1. The highest BCUT2D eigenvalue weighted by molar-refractivity contribution is 6.04. The van der Waals surface area contributed by atoms with Crippen molar-refractivity contribution in [2.24, 2.45) is 5.73 Å². The van der Waals surface area contributed by atoms with Crippen LogP contribution in [0, 0.1) is 11.3 Å². The molecular formula is C19H20N4O3. The number of nitriles is 1. The van der Waals surface area contributed by atoms with Crippen LogP contribution in [0.25, 0.3) is 17.0 Å². The predicted octanol–water partition coefficient (Wildman–Crippen LogP) is 1.33. The molecule has 0 aliphatic carbocycles. The number of hydrogen-bond donors (Lipinski definition) is 2. The first-order valence-electron chi connectivity index (χ1n) is 8.46. The summed E-state index contributed by atoms with van der Waals surface area (Å²) in [6.07, 6.45) is 5.16. The summed E-state index contributed by atoms with van der Waals surface area (Å²) in [4.78, 5) is 23.6. The quantitative estimate of drug-likeness (QED) is 0.603. The van der Waals surface area contributed by atoms with Crippen LogP contribution in [-0.2, 0) is 20.9 Å². The van der Waals surface area contributed by atoms with Crippen molar-refractivity contribution in [2.45, 2.75) is 25.5 Å².